The van der Waals surface area contributed by atoms with Crippen LogP contribution in [-0.2, 0) is 9.59 Å². The molecule has 0 aromatic carbocycles. The molecular formula is C14H26N2O5. The van der Waals surface area contributed by atoms with E-state index in [1.54, 1.807) is 0 Å². The van der Waals surface area contributed by atoms with E-state index >= 15 is 0 Å². The van der Waals surface area contributed by atoms with Gasteiger partial charge in [0.1, 0.15) is 6.04 Å². The number of urea groups is 1. The molecule has 0 fully saturated rings. The molecule has 7 heteroatoms. The van der Waals surface area contributed by atoms with E-state index in [-0.39, 0.29) is 24.7 Å². The van der Waals surface area contributed by atoms with Crippen LogP contribution in [0.3, 0.4) is 0 Å². The standard InChI is InChI=1S/C14H26N2O5/c1-9(2)14(3,4)8-15-13(21)16-10(12(19)20)6-5-7-11(17)18/h9-10H,5-8H2,1-4H3,(H,17,18)(H,19,20)(H2,15,16,21)/t10-/m1/s1. The number of aliphatic carboxylic acids is 2. The fourth-order valence-corrected chi connectivity index (χ4v) is 1.44. The van der Waals surface area contributed by atoms with Crippen LogP contribution in [0, 0.1) is 11.3 Å². The highest BCUT2D eigenvalue weighted by Crippen LogP contribution is 2.24. The van der Waals surface area contributed by atoms with Crippen molar-refractivity contribution < 1.29 is 24.6 Å². The molecule has 2 amide bonds. The van der Waals surface area contributed by atoms with Crippen molar-refractivity contribution in [2.75, 3.05) is 6.54 Å². The molecule has 0 spiro atoms. The van der Waals surface area contributed by atoms with Crippen molar-refractivity contribution in [2.45, 2.75) is 53.0 Å². The second-order valence-corrected chi connectivity index (χ2v) is 6.15. The Morgan fingerprint density at radius 2 is 1.71 bits per heavy atom. The first kappa shape index (κ1) is 19.2. The van der Waals surface area contributed by atoms with E-state index in [0.717, 1.165) is 0 Å². The van der Waals surface area contributed by atoms with Crippen LogP contribution in [0.1, 0.15) is 47.0 Å². The van der Waals surface area contributed by atoms with Crippen LogP contribution < -0.4 is 10.6 Å². The van der Waals surface area contributed by atoms with Gasteiger partial charge in [-0.3, -0.25) is 4.79 Å². The van der Waals surface area contributed by atoms with Gasteiger partial charge in [-0.1, -0.05) is 27.7 Å². The zero-order valence-corrected chi connectivity index (χ0v) is 13.1. The number of hydrogen-bond acceptors (Lipinski definition) is 3. The number of carbonyl (C=O) groups is 3. The van der Waals surface area contributed by atoms with Crippen molar-refractivity contribution in [1.82, 2.24) is 10.6 Å². The second-order valence-electron chi connectivity index (χ2n) is 6.15. The van der Waals surface area contributed by atoms with Gasteiger partial charge in [0.25, 0.3) is 0 Å². The van der Waals surface area contributed by atoms with Crippen LogP contribution >= 0.6 is 0 Å². The van der Waals surface area contributed by atoms with E-state index in [9.17, 15) is 14.4 Å². The highest BCUT2D eigenvalue weighted by molar-refractivity contribution is 5.82. The van der Waals surface area contributed by atoms with Gasteiger partial charge < -0.3 is 20.8 Å². The van der Waals surface area contributed by atoms with Gasteiger partial charge in [-0.25, -0.2) is 9.59 Å². The lowest BCUT2D eigenvalue weighted by atomic mass is 9.81. The smallest absolute Gasteiger partial charge is 0.326 e. The van der Waals surface area contributed by atoms with Gasteiger partial charge in [-0.2, -0.15) is 0 Å². The Bertz CT molecular complexity index is 380. The maximum Gasteiger partial charge on any atom is 0.326 e. The largest absolute Gasteiger partial charge is 0.481 e. The zero-order chi connectivity index (χ0) is 16.6. The van der Waals surface area contributed by atoms with Gasteiger partial charge in [0.15, 0.2) is 0 Å². The number of nitrogens with one attached hydrogen (secondary N) is 2. The van der Waals surface area contributed by atoms with E-state index < -0.39 is 24.0 Å². The number of carboxylic acids is 2. The van der Waals surface area contributed by atoms with Gasteiger partial charge in [0.05, 0.1) is 0 Å². The molecule has 0 bridgehead atoms. The Labute approximate surface area is 125 Å². The van der Waals surface area contributed by atoms with Gasteiger partial charge >= 0.3 is 18.0 Å². The van der Waals surface area contributed by atoms with Crippen LogP contribution in [0.15, 0.2) is 0 Å². The molecule has 0 aliphatic carbocycles. The topological polar surface area (TPSA) is 116 Å². The first-order chi connectivity index (χ1) is 9.56. The van der Waals surface area contributed by atoms with Gasteiger partial charge in [0.2, 0.25) is 0 Å². The number of amides is 2. The highest BCUT2D eigenvalue weighted by Gasteiger charge is 2.24. The summed E-state index contributed by atoms with van der Waals surface area (Å²) in [6.07, 6.45) is 0.167. The minimum Gasteiger partial charge on any atom is -0.481 e. The SMILES string of the molecule is CC(C)C(C)(C)CNC(=O)N[C@H](CCCC(=O)O)C(=O)O. The maximum atomic E-state index is 11.7. The van der Waals surface area contributed by atoms with E-state index in [1.807, 2.05) is 27.7 Å². The predicted molar refractivity (Wildman–Crippen MR) is 78.1 cm³/mol. The Balaban J connectivity index is 4.29. The summed E-state index contributed by atoms with van der Waals surface area (Å²) in [5, 5.41) is 22.6. The highest BCUT2D eigenvalue weighted by atomic mass is 16.4. The van der Waals surface area contributed by atoms with Crippen molar-refractivity contribution in [1.29, 1.82) is 0 Å². The van der Waals surface area contributed by atoms with Gasteiger partial charge in [-0.05, 0) is 24.2 Å². The second kappa shape index (κ2) is 8.49. The van der Waals surface area contributed by atoms with Crippen molar-refractivity contribution >= 4 is 18.0 Å². The quantitative estimate of drug-likeness (QED) is 0.517. The van der Waals surface area contributed by atoms with Crippen molar-refractivity contribution in [3.8, 4) is 0 Å². The summed E-state index contributed by atoms with van der Waals surface area (Å²) in [7, 11) is 0. The fraction of sp³-hybridized carbons (Fsp3) is 0.786. The number of carboxylic acid groups (broad SMARTS) is 2. The van der Waals surface area contributed by atoms with E-state index in [2.05, 4.69) is 10.6 Å². The lowest BCUT2D eigenvalue weighted by Crippen LogP contribution is -2.48. The van der Waals surface area contributed by atoms with Crippen LogP contribution in [0.25, 0.3) is 0 Å². The maximum absolute atomic E-state index is 11.7. The molecule has 0 unspecified atom stereocenters. The molecule has 0 aromatic rings. The zero-order valence-electron chi connectivity index (χ0n) is 13.1. The lowest BCUT2D eigenvalue weighted by Gasteiger charge is -2.29. The fourth-order valence-electron chi connectivity index (χ4n) is 1.44. The molecule has 0 radical (unpaired) electrons. The molecule has 0 aliphatic heterocycles. The molecule has 4 N–H and O–H groups in total. The molecule has 0 aromatic heterocycles. The Morgan fingerprint density at radius 3 is 2.14 bits per heavy atom. The molecule has 0 rings (SSSR count). The summed E-state index contributed by atoms with van der Waals surface area (Å²) in [5.74, 6) is -1.79. The first-order valence-corrected chi connectivity index (χ1v) is 7.05. The first-order valence-electron chi connectivity index (χ1n) is 7.05. The summed E-state index contributed by atoms with van der Waals surface area (Å²) in [4.78, 5) is 33.2. The van der Waals surface area contributed by atoms with Crippen molar-refractivity contribution in [2.24, 2.45) is 11.3 Å². The molecule has 21 heavy (non-hydrogen) atoms. The molecule has 0 saturated heterocycles. The van der Waals surface area contributed by atoms with Crippen molar-refractivity contribution in [3.63, 3.8) is 0 Å². The molecule has 0 heterocycles. The van der Waals surface area contributed by atoms with E-state index in [0.29, 0.717) is 12.5 Å². The molecule has 7 nitrogen and oxygen atoms in total. The Kier molecular flexibility index (Phi) is 7.76. The van der Waals surface area contributed by atoms with E-state index in [1.165, 1.54) is 0 Å². The van der Waals surface area contributed by atoms with Crippen LogP contribution in [0.4, 0.5) is 4.79 Å². The minimum absolute atomic E-state index is 0.0859. The third kappa shape index (κ3) is 8.16. The molecule has 0 aliphatic rings. The summed E-state index contributed by atoms with van der Waals surface area (Å²) in [6, 6.07) is -1.63. The minimum atomic E-state index is -1.17. The summed E-state index contributed by atoms with van der Waals surface area (Å²) >= 11 is 0. The van der Waals surface area contributed by atoms with Crippen molar-refractivity contribution in [3.05, 3.63) is 0 Å². The Morgan fingerprint density at radius 1 is 1.14 bits per heavy atom. The van der Waals surface area contributed by atoms with Crippen LogP contribution in [-0.4, -0.2) is 40.8 Å². The third-order valence-electron chi connectivity index (χ3n) is 3.75. The van der Waals surface area contributed by atoms with Gasteiger partial charge in [0, 0.05) is 13.0 Å². The average molecular weight is 302 g/mol. The molecule has 122 valence electrons. The normalized spacial score (nSPS) is 12.8. The molecule has 0 saturated carbocycles. The monoisotopic (exact) mass is 302 g/mol. The summed E-state index contributed by atoms with van der Waals surface area (Å²) < 4.78 is 0. The lowest BCUT2D eigenvalue weighted by molar-refractivity contribution is -0.140. The van der Waals surface area contributed by atoms with E-state index in [4.69, 9.17) is 10.2 Å². The number of carbonyl (C=O) groups excluding carboxylic acids is 1. The van der Waals surface area contributed by atoms with Crippen LogP contribution in [0.2, 0.25) is 0 Å². The summed E-state index contributed by atoms with van der Waals surface area (Å²) in [5.41, 5.74) is -0.0978. The number of hydrogen-bond donors (Lipinski definition) is 4. The average Bonchev–Trinajstić information content (AvgIpc) is 2.34. The number of rotatable bonds is 9. The van der Waals surface area contributed by atoms with Gasteiger partial charge in [-0.15, -0.1) is 0 Å². The molecule has 1 atom stereocenters. The Hall–Kier alpha value is -1.79. The van der Waals surface area contributed by atoms with Crippen LogP contribution in [0.5, 0.6) is 0 Å². The summed E-state index contributed by atoms with van der Waals surface area (Å²) in [6.45, 7) is 8.55. The molecular weight excluding hydrogens is 276 g/mol. The predicted octanol–water partition coefficient (Wildman–Crippen LogP) is 1.68. The third-order valence-corrected chi connectivity index (χ3v) is 3.75.